The molecule has 1 aromatic carbocycles. The Morgan fingerprint density at radius 2 is 2.08 bits per heavy atom. The molecule has 0 fully saturated rings. The van der Waals surface area contributed by atoms with Crippen LogP contribution in [0.2, 0.25) is 0 Å². The van der Waals surface area contributed by atoms with Crippen LogP contribution >= 0.6 is 0 Å². The zero-order valence-corrected chi connectivity index (χ0v) is 13.7. The second-order valence-electron chi connectivity index (χ2n) is 6.00. The van der Waals surface area contributed by atoms with Crippen LogP contribution in [0.5, 0.6) is 0 Å². The van der Waals surface area contributed by atoms with Crippen LogP contribution in [0.25, 0.3) is 11.0 Å². The average Bonchev–Trinajstić information content (AvgIpc) is 3.24. The van der Waals surface area contributed by atoms with E-state index in [4.69, 9.17) is 9.15 Å². The second-order valence-corrected chi connectivity index (χ2v) is 6.00. The van der Waals surface area contributed by atoms with Gasteiger partial charge in [0.15, 0.2) is 0 Å². The Labute approximate surface area is 139 Å². The lowest BCUT2D eigenvalue weighted by atomic mass is 10.1. The third-order valence-corrected chi connectivity index (χ3v) is 3.51. The summed E-state index contributed by atoms with van der Waals surface area (Å²) in [6.07, 6.45) is 1.58. The summed E-state index contributed by atoms with van der Waals surface area (Å²) in [7, 11) is 0. The van der Waals surface area contributed by atoms with Crippen molar-refractivity contribution in [3.63, 3.8) is 0 Å². The summed E-state index contributed by atoms with van der Waals surface area (Å²) >= 11 is 0. The highest BCUT2D eigenvalue weighted by Crippen LogP contribution is 2.17. The van der Waals surface area contributed by atoms with E-state index in [1.807, 2.05) is 6.07 Å². The normalized spacial score (nSPS) is 12.6. The maximum atomic E-state index is 12.5. The number of amides is 1. The van der Waals surface area contributed by atoms with Gasteiger partial charge in [0.2, 0.25) is 0 Å². The maximum absolute atomic E-state index is 12.5. The van der Waals surface area contributed by atoms with Gasteiger partial charge in [-0.1, -0.05) is 13.8 Å². The van der Waals surface area contributed by atoms with Crippen LogP contribution in [0.1, 0.15) is 36.0 Å². The van der Waals surface area contributed by atoms with Crippen LogP contribution < -0.4 is 5.32 Å². The van der Waals surface area contributed by atoms with Crippen LogP contribution in [-0.4, -0.2) is 34.5 Å². The fourth-order valence-corrected chi connectivity index (χ4v) is 2.33. The molecule has 0 unspecified atom stereocenters. The third kappa shape index (κ3) is 3.80. The molecule has 1 amide bonds. The number of ether oxygens (including phenoxy) is 1. The number of fused-ring (bicyclic) bond motifs is 1. The number of hydrogen-bond donors (Lipinski definition) is 2. The zero-order valence-electron chi connectivity index (χ0n) is 13.7. The molecular formula is C17H20N4O3. The first-order valence-electron chi connectivity index (χ1n) is 7.86. The van der Waals surface area contributed by atoms with Gasteiger partial charge in [-0.05, 0) is 36.2 Å². The molecule has 0 saturated heterocycles. The van der Waals surface area contributed by atoms with Crippen LogP contribution in [0, 0.1) is 5.92 Å². The topological polar surface area (TPSA) is 93.0 Å². The Hall–Kier alpha value is -2.67. The number of furan rings is 1. The van der Waals surface area contributed by atoms with Gasteiger partial charge in [0.25, 0.3) is 5.91 Å². The summed E-state index contributed by atoms with van der Waals surface area (Å²) in [5.74, 6) is 0.872. The van der Waals surface area contributed by atoms with Crippen LogP contribution in [-0.2, 0) is 4.74 Å². The number of nitrogens with one attached hydrogen (secondary N) is 2. The zero-order chi connectivity index (χ0) is 16.9. The Morgan fingerprint density at radius 3 is 2.83 bits per heavy atom. The second kappa shape index (κ2) is 7.27. The molecule has 2 heterocycles. The van der Waals surface area contributed by atoms with E-state index < -0.39 is 0 Å². The van der Waals surface area contributed by atoms with Crippen LogP contribution in [0.4, 0.5) is 0 Å². The predicted molar refractivity (Wildman–Crippen MR) is 88.5 cm³/mol. The van der Waals surface area contributed by atoms with Gasteiger partial charge in [-0.3, -0.25) is 4.79 Å². The molecule has 0 saturated carbocycles. The number of nitrogens with zero attached hydrogens (tertiary/aromatic N) is 2. The van der Waals surface area contributed by atoms with Crippen molar-refractivity contribution in [3.8, 4) is 0 Å². The first-order chi connectivity index (χ1) is 11.6. The first kappa shape index (κ1) is 16.2. The molecular weight excluding hydrogens is 308 g/mol. The molecule has 126 valence electrons. The number of hydrogen-bond acceptors (Lipinski definition) is 5. The summed E-state index contributed by atoms with van der Waals surface area (Å²) in [6.45, 7) is 5.13. The molecule has 3 aromatic rings. The lowest BCUT2D eigenvalue weighted by Gasteiger charge is -2.17. The molecule has 0 aliphatic rings. The molecule has 0 radical (unpaired) electrons. The van der Waals surface area contributed by atoms with Gasteiger partial charge in [-0.15, -0.1) is 0 Å². The lowest BCUT2D eigenvalue weighted by Crippen LogP contribution is -2.31. The molecule has 3 rings (SSSR count). The lowest BCUT2D eigenvalue weighted by molar-refractivity contribution is 0.0730. The molecule has 0 aliphatic heterocycles. The molecule has 7 heteroatoms. The summed E-state index contributed by atoms with van der Waals surface area (Å²) in [6, 6.07) is 8.43. The Morgan fingerprint density at radius 1 is 1.25 bits per heavy atom. The number of carbonyl (C=O) groups excluding carboxylic acids is 1. The number of H-pyrrole nitrogens is 1. The number of carbonyl (C=O) groups is 1. The van der Waals surface area contributed by atoms with Crippen LogP contribution in [0.15, 0.2) is 41.0 Å². The highest BCUT2D eigenvalue weighted by atomic mass is 16.5. The summed E-state index contributed by atoms with van der Waals surface area (Å²) in [5, 5.41) is 13.5. The fourth-order valence-electron chi connectivity index (χ4n) is 2.33. The minimum absolute atomic E-state index is 0.213. The number of aromatic amines is 1. The average molecular weight is 328 g/mol. The van der Waals surface area contributed by atoms with Crippen molar-refractivity contribution < 1.29 is 13.9 Å². The van der Waals surface area contributed by atoms with E-state index in [-0.39, 0.29) is 11.9 Å². The monoisotopic (exact) mass is 328 g/mol. The Balaban J connectivity index is 1.72. The van der Waals surface area contributed by atoms with Gasteiger partial charge in [0.1, 0.15) is 22.8 Å². The first-order valence-corrected chi connectivity index (χ1v) is 7.86. The highest BCUT2D eigenvalue weighted by Gasteiger charge is 2.19. The van der Waals surface area contributed by atoms with Gasteiger partial charge in [-0.25, -0.2) is 0 Å². The van der Waals surface area contributed by atoms with Crippen LogP contribution in [0.3, 0.4) is 0 Å². The third-order valence-electron chi connectivity index (χ3n) is 3.51. The molecule has 2 N–H and O–H groups in total. The number of rotatable bonds is 7. The van der Waals surface area contributed by atoms with Crippen molar-refractivity contribution in [3.05, 3.63) is 47.9 Å². The standard InChI is InChI=1S/C17H20N4O3/c1-11(2)9-23-10-15(16-4-3-7-24-16)18-17(22)12-5-6-13-14(8-12)20-21-19-13/h3-8,11,15H,9-10H2,1-2H3,(H,18,22)(H,19,20,21)/t15-/m0/s1. The summed E-state index contributed by atoms with van der Waals surface area (Å²) in [5.41, 5.74) is 1.87. The van der Waals surface area contributed by atoms with E-state index >= 15 is 0 Å². The molecule has 0 spiro atoms. The van der Waals surface area contributed by atoms with E-state index in [0.717, 1.165) is 5.52 Å². The highest BCUT2D eigenvalue weighted by molar-refractivity contribution is 5.97. The van der Waals surface area contributed by atoms with Gasteiger partial charge in [0.05, 0.1) is 12.9 Å². The van der Waals surface area contributed by atoms with Crippen molar-refractivity contribution in [1.82, 2.24) is 20.7 Å². The van der Waals surface area contributed by atoms with Crippen molar-refractivity contribution in [2.45, 2.75) is 19.9 Å². The van der Waals surface area contributed by atoms with Crippen molar-refractivity contribution in [2.24, 2.45) is 5.92 Å². The van der Waals surface area contributed by atoms with E-state index in [1.165, 1.54) is 0 Å². The van der Waals surface area contributed by atoms with E-state index in [9.17, 15) is 4.79 Å². The van der Waals surface area contributed by atoms with E-state index in [1.54, 1.807) is 30.5 Å². The van der Waals surface area contributed by atoms with Crippen molar-refractivity contribution in [2.75, 3.05) is 13.2 Å². The molecule has 1 atom stereocenters. The smallest absolute Gasteiger partial charge is 0.252 e. The number of aromatic nitrogens is 3. The SMILES string of the molecule is CC(C)COC[C@H](NC(=O)c1ccc2n[nH]nc2c1)c1ccco1. The van der Waals surface area contributed by atoms with Gasteiger partial charge in [0, 0.05) is 12.2 Å². The predicted octanol–water partition coefficient (Wildman–Crippen LogP) is 2.69. The van der Waals surface area contributed by atoms with E-state index in [2.05, 4.69) is 34.6 Å². The largest absolute Gasteiger partial charge is 0.467 e. The Kier molecular flexibility index (Phi) is 4.90. The number of benzene rings is 1. The minimum atomic E-state index is -0.348. The van der Waals surface area contributed by atoms with E-state index in [0.29, 0.717) is 36.0 Å². The molecule has 24 heavy (non-hydrogen) atoms. The Bertz CT molecular complexity index is 795. The van der Waals surface area contributed by atoms with Gasteiger partial charge >= 0.3 is 0 Å². The van der Waals surface area contributed by atoms with Crippen molar-refractivity contribution in [1.29, 1.82) is 0 Å². The molecule has 0 bridgehead atoms. The quantitative estimate of drug-likeness (QED) is 0.695. The van der Waals surface area contributed by atoms with Gasteiger partial charge in [-0.2, -0.15) is 15.4 Å². The fraction of sp³-hybridized carbons (Fsp3) is 0.353. The summed E-state index contributed by atoms with van der Waals surface area (Å²) in [4.78, 5) is 12.5. The molecule has 2 aromatic heterocycles. The maximum Gasteiger partial charge on any atom is 0.252 e. The van der Waals surface area contributed by atoms with Crippen molar-refractivity contribution >= 4 is 16.9 Å². The molecule has 7 nitrogen and oxygen atoms in total. The molecule has 0 aliphatic carbocycles. The summed E-state index contributed by atoms with van der Waals surface area (Å²) < 4.78 is 11.1. The van der Waals surface area contributed by atoms with Gasteiger partial charge < -0.3 is 14.5 Å². The minimum Gasteiger partial charge on any atom is -0.467 e.